The number of nitrogens with one attached hydrogen (secondary N) is 2. The highest BCUT2D eigenvalue weighted by Crippen LogP contribution is 2.40. The van der Waals surface area contributed by atoms with Gasteiger partial charge in [-0.15, -0.1) is 5.10 Å². The summed E-state index contributed by atoms with van der Waals surface area (Å²) in [5, 5.41) is 18.1. The van der Waals surface area contributed by atoms with Gasteiger partial charge in [0, 0.05) is 18.2 Å². The maximum Gasteiger partial charge on any atom is 0.243 e. The van der Waals surface area contributed by atoms with Gasteiger partial charge in [-0.25, -0.2) is 0 Å². The van der Waals surface area contributed by atoms with Crippen molar-refractivity contribution in [3.05, 3.63) is 24.0 Å². The van der Waals surface area contributed by atoms with Crippen LogP contribution in [0.2, 0.25) is 0 Å². The van der Waals surface area contributed by atoms with Gasteiger partial charge in [0.2, 0.25) is 5.91 Å². The number of morpholine rings is 1. The molecule has 9 nitrogen and oxygen atoms in total. The summed E-state index contributed by atoms with van der Waals surface area (Å²) in [7, 11) is 1.60. The van der Waals surface area contributed by atoms with Gasteiger partial charge in [-0.05, 0) is 41.5 Å². The van der Waals surface area contributed by atoms with Gasteiger partial charge in [0.05, 0.1) is 20.3 Å². The van der Waals surface area contributed by atoms with E-state index >= 15 is 0 Å². The number of methoxy groups -OCH3 is 1. The van der Waals surface area contributed by atoms with Crippen LogP contribution in [-0.4, -0.2) is 59.0 Å². The van der Waals surface area contributed by atoms with Crippen molar-refractivity contribution in [1.29, 1.82) is 0 Å². The monoisotopic (exact) mass is 344 g/mol. The Morgan fingerprint density at radius 2 is 2.32 bits per heavy atom. The molecule has 2 aliphatic rings. The number of ether oxygens (including phenoxy) is 2. The van der Waals surface area contributed by atoms with Gasteiger partial charge in [0.25, 0.3) is 0 Å². The molecule has 1 unspecified atom stereocenters. The number of benzene rings is 1. The normalized spacial score (nSPS) is 20.3. The quantitative estimate of drug-likeness (QED) is 0.813. The molecule has 0 spiro atoms. The van der Waals surface area contributed by atoms with Crippen LogP contribution in [-0.2, 0) is 9.53 Å². The lowest BCUT2D eigenvalue weighted by Gasteiger charge is -2.23. The molecule has 1 amide bonds. The number of carbonyl (C=O) groups is 1. The van der Waals surface area contributed by atoms with E-state index < -0.39 is 0 Å². The molecule has 2 fully saturated rings. The average molecular weight is 344 g/mol. The van der Waals surface area contributed by atoms with Crippen molar-refractivity contribution in [2.45, 2.75) is 24.8 Å². The first kappa shape index (κ1) is 16.0. The molecular weight excluding hydrogens is 324 g/mol. The smallest absolute Gasteiger partial charge is 0.243 e. The summed E-state index contributed by atoms with van der Waals surface area (Å²) in [4.78, 5) is 12.4. The van der Waals surface area contributed by atoms with Crippen LogP contribution >= 0.6 is 0 Å². The summed E-state index contributed by atoms with van der Waals surface area (Å²) < 4.78 is 12.5. The minimum atomic E-state index is -0.352. The second kappa shape index (κ2) is 6.77. The molecule has 1 saturated carbocycles. The highest BCUT2D eigenvalue weighted by molar-refractivity contribution is 5.95. The van der Waals surface area contributed by atoms with Crippen molar-refractivity contribution < 1.29 is 14.3 Å². The fourth-order valence-electron chi connectivity index (χ4n) is 2.86. The lowest BCUT2D eigenvalue weighted by atomic mass is 10.2. The first-order valence-electron chi connectivity index (χ1n) is 8.35. The van der Waals surface area contributed by atoms with E-state index in [-0.39, 0.29) is 11.9 Å². The molecule has 132 valence electrons. The van der Waals surface area contributed by atoms with Crippen LogP contribution in [0, 0.1) is 0 Å². The molecule has 2 N–H and O–H groups in total. The molecule has 1 aliphatic heterocycles. The van der Waals surface area contributed by atoms with Crippen LogP contribution < -0.4 is 15.4 Å². The third-order valence-electron chi connectivity index (χ3n) is 4.35. The highest BCUT2D eigenvalue weighted by Gasteiger charge is 2.31. The maximum absolute atomic E-state index is 12.4. The van der Waals surface area contributed by atoms with Gasteiger partial charge in [0.1, 0.15) is 17.5 Å². The summed E-state index contributed by atoms with van der Waals surface area (Å²) >= 11 is 0. The zero-order valence-corrected chi connectivity index (χ0v) is 13.9. The van der Waals surface area contributed by atoms with Crippen molar-refractivity contribution in [2.75, 3.05) is 32.2 Å². The molecule has 1 aliphatic carbocycles. The molecule has 4 rings (SSSR count). The van der Waals surface area contributed by atoms with Crippen molar-refractivity contribution in [3.8, 4) is 11.4 Å². The molecule has 0 radical (unpaired) electrons. The summed E-state index contributed by atoms with van der Waals surface area (Å²) in [6.45, 7) is 1.66. The minimum absolute atomic E-state index is 0.130. The number of tetrazole rings is 1. The molecule has 2 heterocycles. The highest BCUT2D eigenvalue weighted by atomic mass is 16.5. The van der Waals surface area contributed by atoms with E-state index in [2.05, 4.69) is 26.2 Å². The summed E-state index contributed by atoms with van der Waals surface area (Å²) in [5.74, 6) is 1.73. The number of rotatable bonds is 5. The van der Waals surface area contributed by atoms with Crippen molar-refractivity contribution in [3.63, 3.8) is 0 Å². The molecule has 0 bridgehead atoms. The number of anilines is 1. The Hall–Kier alpha value is -2.52. The Kier molecular flexibility index (Phi) is 4.33. The predicted octanol–water partition coefficient (Wildman–Crippen LogP) is 0.475. The SMILES string of the molecule is COc1ccc(NC(=O)C2COCCN2)cc1-n1nnnc1C1CC1. The van der Waals surface area contributed by atoms with Crippen LogP contribution in [0.15, 0.2) is 18.2 Å². The van der Waals surface area contributed by atoms with Crippen LogP contribution in [0.3, 0.4) is 0 Å². The van der Waals surface area contributed by atoms with Gasteiger partial charge >= 0.3 is 0 Å². The molecule has 1 aromatic carbocycles. The Balaban J connectivity index is 1.59. The standard InChI is InChI=1S/C16H20N6O3/c1-24-14-5-4-11(18-16(23)12-9-25-7-6-17-12)8-13(14)22-15(10-2-3-10)19-20-21-22/h4-5,8,10,12,17H,2-3,6-7,9H2,1H3,(H,18,23). The van der Waals surface area contributed by atoms with Crippen LogP contribution in [0.5, 0.6) is 5.75 Å². The second-order valence-electron chi connectivity index (χ2n) is 6.18. The lowest BCUT2D eigenvalue weighted by molar-refractivity contribution is -0.120. The first-order chi connectivity index (χ1) is 12.3. The van der Waals surface area contributed by atoms with Gasteiger partial charge in [-0.3, -0.25) is 4.79 Å². The molecule has 1 aromatic heterocycles. The number of amides is 1. The minimum Gasteiger partial charge on any atom is -0.494 e. The van der Waals surface area contributed by atoms with Gasteiger partial charge in [0.15, 0.2) is 5.82 Å². The lowest BCUT2D eigenvalue weighted by Crippen LogP contribution is -2.48. The summed E-state index contributed by atoms with van der Waals surface area (Å²) in [6.07, 6.45) is 2.18. The van der Waals surface area contributed by atoms with Crippen LogP contribution in [0.1, 0.15) is 24.6 Å². The van der Waals surface area contributed by atoms with Gasteiger partial charge in [-0.2, -0.15) is 4.68 Å². The topological polar surface area (TPSA) is 103 Å². The molecule has 25 heavy (non-hydrogen) atoms. The van der Waals surface area contributed by atoms with Crippen molar-refractivity contribution >= 4 is 11.6 Å². The van der Waals surface area contributed by atoms with E-state index in [0.717, 1.165) is 18.7 Å². The zero-order chi connectivity index (χ0) is 17.2. The van der Waals surface area contributed by atoms with Crippen LogP contribution in [0.4, 0.5) is 5.69 Å². The van der Waals surface area contributed by atoms with E-state index in [4.69, 9.17) is 9.47 Å². The largest absolute Gasteiger partial charge is 0.494 e. The molecule has 2 aromatic rings. The summed E-state index contributed by atoms with van der Waals surface area (Å²) in [6, 6.07) is 5.07. The maximum atomic E-state index is 12.4. The fourth-order valence-corrected chi connectivity index (χ4v) is 2.86. The fraction of sp³-hybridized carbons (Fsp3) is 0.500. The Bertz CT molecular complexity index is 767. The third-order valence-corrected chi connectivity index (χ3v) is 4.35. The molecular formula is C16H20N6O3. The van der Waals surface area contributed by atoms with Crippen molar-refractivity contribution in [2.24, 2.45) is 0 Å². The average Bonchev–Trinajstić information content (AvgIpc) is 3.39. The number of carbonyl (C=O) groups excluding carboxylic acids is 1. The molecule has 1 atom stereocenters. The zero-order valence-electron chi connectivity index (χ0n) is 13.9. The van der Waals surface area contributed by atoms with E-state index in [1.165, 1.54) is 0 Å². The van der Waals surface area contributed by atoms with E-state index in [0.29, 0.717) is 42.8 Å². The summed E-state index contributed by atoms with van der Waals surface area (Å²) in [5.41, 5.74) is 1.37. The number of aromatic nitrogens is 4. The van der Waals surface area contributed by atoms with Crippen LogP contribution in [0.25, 0.3) is 5.69 Å². The van der Waals surface area contributed by atoms with Gasteiger partial charge in [-0.1, -0.05) is 0 Å². The number of hydrogen-bond acceptors (Lipinski definition) is 7. The Labute approximate surface area is 144 Å². The van der Waals surface area contributed by atoms with Gasteiger partial charge < -0.3 is 20.1 Å². The first-order valence-corrected chi connectivity index (χ1v) is 8.35. The van der Waals surface area contributed by atoms with E-state index in [1.807, 2.05) is 6.07 Å². The Morgan fingerprint density at radius 3 is 3.04 bits per heavy atom. The van der Waals surface area contributed by atoms with Crippen molar-refractivity contribution in [1.82, 2.24) is 25.5 Å². The number of nitrogens with zero attached hydrogens (tertiary/aromatic N) is 4. The predicted molar refractivity (Wildman–Crippen MR) is 88.9 cm³/mol. The molecule has 1 saturated heterocycles. The van der Waals surface area contributed by atoms with E-state index in [1.54, 1.807) is 23.9 Å². The second-order valence-corrected chi connectivity index (χ2v) is 6.18. The Morgan fingerprint density at radius 1 is 1.44 bits per heavy atom. The number of hydrogen-bond donors (Lipinski definition) is 2. The molecule has 9 heteroatoms. The van der Waals surface area contributed by atoms with E-state index in [9.17, 15) is 4.79 Å². The third kappa shape index (κ3) is 3.33.